The summed E-state index contributed by atoms with van der Waals surface area (Å²) in [6, 6.07) is 16.2. The minimum Gasteiger partial charge on any atom is -0.465 e. The summed E-state index contributed by atoms with van der Waals surface area (Å²) in [6.07, 6.45) is 2.05. The van der Waals surface area contributed by atoms with Crippen LogP contribution in [0.25, 0.3) is 0 Å². The van der Waals surface area contributed by atoms with Crippen LogP contribution in [0.2, 0.25) is 0 Å². The smallest absolute Gasteiger partial charge is 0.337 e. The Balaban J connectivity index is 1.59. The molecule has 0 spiro atoms. The van der Waals surface area contributed by atoms with Gasteiger partial charge in [0.2, 0.25) is 10.0 Å². The van der Waals surface area contributed by atoms with Crippen LogP contribution in [0.5, 0.6) is 0 Å². The van der Waals surface area contributed by atoms with Crippen molar-refractivity contribution in [1.82, 2.24) is 9.62 Å². The number of piperidine rings is 1. The molecule has 1 N–H and O–H groups in total. The van der Waals surface area contributed by atoms with Gasteiger partial charge in [-0.25, -0.2) is 17.9 Å². The summed E-state index contributed by atoms with van der Waals surface area (Å²) < 4.78 is 32.6. The molecule has 1 aliphatic heterocycles. The summed E-state index contributed by atoms with van der Waals surface area (Å²) in [5, 5.41) is 0. The highest BCUT2D eigenvalue weighted by Gasteiger charge is 2.23. The molecule has 1 fully saturated rings. The van der Waals surface area contributed by atoms with Gasteiger partial charge in [0.1, 0.15) is 0 Å². The van der Waals surface area contributed by atoms with Crippen molar-refractivity contribution in [3.63, 3.8) is 0 Å². The fourth-order valence-corrected chi connectivity index (χ4v) is 4.68. The van der Waals surface area contributed by atoms with Crippen molar-refractivity contribution in [2.45, 2.75) is 24.3 Å². The van der Waals surface area contributed by atoms with Crippen molar-refractivity contribution < 1.29 is 17.9 Å². The summed E-state index contributed by atoms with van der Waals surface area (Å²) in [5.74, 6) is -0.295. The Kier molecular flexibility index (Phi) is 6.83. The third-order valence-electron chi connectivity index (χ3n) is 4.98. The molecule has 0 radical (unpaired) electrons. The van der Waals surface area contributed by atoms with Gasteiger partial charge in [-0.15, -0.1) is 0 Å². The van der Waals surface area contributed by atoms with Crippen LogP contribution in [-0.4, -0.2) is 46.0 Å². The molecular formula is C21H26N2O4S. The summed E-state index contributed by atoms with van der Waals surface area (Å²) >= 11 is 0. The maximum absolute atomic E-state index is 12.6. The summed E-state index contributed by atoms with van der Waals surface area (Å²) in [5.41, 5.74) is 1.49. The van der Waals surface area contributed by atoms with E-state index in [9.17, 15) is 13.2 Å². The molecule has 7 heteroatoms. The molecule has 2 aromatic rings. The standard InChI is InChI=1S/C21H26N2O4S/c1-27-21(24)19-10-5-11-20(13-19)28(25,26)22-14-18-9-6-12-23(16-18)15-17-7-3-2-4-8-17/h2-5,7-8,10-11,13,18,22H,6,9,12,14-16H2,1H3. The number of rotatable bonds is 7. The Morgan fingerprint density at radius 3 is 2.71 bits per heavy atom. The highest BCUT2D eigenvalue weighted by molar-refractivity contribution is 7.89. The molecule has 150 valence electrons. The number of carbonyl (C=O) groups excluding carboxylic acids is 1. The molecule has 0 amide bonds. The van der Waals surface area contributed by atoms with Crippen LogP contribution in [-0.2, 0) is 21.3 Å². The predicted octanol–water partition coefficient (Wildman–Crippen LogP) is 2.66. The number of carbonyl (C=O) groups is 1. The highest BCUT2D eigenvalue weighted by Crippen LogP contribution is 2.19. The summed E-state index contributed by atoms with van der Waals surface area (Å²) in [6.45, 7) is 3.15. The van der Waals surface area contributed by atoms with Gasteiger partial charge in [0.05, 0.1) is 17.6 Å². The van der Waals surface area contributed by atoms with E-state index < -0.39 is 16.0 Å². The van der Waals surface area contributed by atoms with Crippen LogP contribution >= 0.6 is 0 Å². The van der Waals surface area contributed by atoms with Crippen LogP contribution in [0.4, 0.5) is 0 Å². The molecule has 0 aliphatic carbocycles. The molecule has 1 heterocycles. The van der Waals surface area contributed by atoms with E-state index in [-0.39, 0.29) is 16.4 Å². The third kappa shape index (κ3) is 5.41. The van der Waals surface area contributed by atoms with Crippen molar-refractivity contribution in [2.75, 3.05) is 26.7 Å². The van der Waals surface area contributed by atoms with E-state index in [0.29, 0.717) is 6.54 Å². The molecule has 6 nitrogen and oxygen atoms in total. The van der Waals surface area contributed by atoms with Gasteiger partial charge in [0.25, 0.3) is 0 Å². The lowest BCUT2D eigenvalue weighted by Crippen LogP contribution is -2.40. The monoisotopic (exact) mass is 402 g/mol. The molecule has 1 unspecified atom stereocenters. The predicted molar refractivity (Wildman–Crippen MR) is 107 cm³/mol. The lowest BCUT2D eigenvalue weighted by Gasteiger charge is -2.32. The molecule has 0 saturated carbocycles. The minimum absolute atomic E-state index is 0.0763. The molecule has 3 rings (SSSR count). The topological polar surface area (TPSA) is 75.7 Å². The highest BCUT2D eigenvalue weighted by atomic mass is 32.2. The molecular weight excluding hydrogens is 376 g/mol. The Bertz CT molecular complexity index is 900. The number of methoxy groups -OCH3 is 1. The Labute approximate surface area is 166 Å². The quantitative estimate of drug-likeness (QED) is 0.721. The first kappa shape index (κ1) is 20.5. The molecule has 0 aromatic heterocycles. The zero-order chi connectivity index (χ0) is 20.0. The normalized spacial score (nSPS) is 18.0. The number of sulfonamides is 1. The van der Waals surface area contributed by atoms with Crippen LogP contribution < -0.4 is 4.72 Å². The van der Waals surface area contributed by atoms with Crippen molar-refractivity contribution in [3.8, 4) is 0 Å². The molecule has 1 saturated heterocycles. The number of benzene rings is 2. The SMILES string of the molecule is COC(=O)c1cccc(S(=O)(=O)NCC2CCCN(Cc3ccccc3)C2)c1. The average molecular weight is 403 g/mol. The van der Waals surface area contributed by atoms with Crippen molar-refractivity contribution >= 4 is 16.0 Å². The van der Waals surface area contributed by atoms with E-state index in [4.69, 9.17) is 0 Å². The Morgan fingerprint density at radius 1 is 1.18 bits per heavy atom. The van der Waals surface area contributed by atoms with Gasteiger partial charge in [-0.1, -0.05) is 36.4 Å². The van der Waals surface area contributed by atoms with E-state index in [1.807, 2.05) is 18.2 Å². The van der Waals surface area contributed by atoms with Crippen LogP contribution in [0.3, 0.4) is 0 Å². The number of nitrogens with zero attached hydrogens (tertiary/aromatic N) is 1. The number of likely N-dealkylation sites (tertiary alicyclic amines) is 1. The Hall–Kier alpha value is -2.22. The second-order valence-electron chi connectivity index (χ2n) is 7.10. The third-order valence-corrected chi connectivity index (χ3v) is 6.40. The number of hydrogen-bond donors (Lipinski definition) is 1. The zero-order valence-electron chi connectivity index (χ0n) is 16.0. The van der Waals surface area contributed by atoms with E-state index in [2.05, 4.69) is 26.5 Å². The van der Waals surface area contributed by atoms with Crippen LogP contribution in [0, 0.1) is 5.92 Å². The minimum atomic E-state index is -3.68. The second-order valence-corrected chi connectivity index (χ2v) is 8.87. The lowest BCUT2D eigenvalue weighted by atomic mass is 9.98. The summed E-state index contributed by atoms with van der Waals surface area (Å²) in [7, 11) is -2.41. The number of ether oxygens (including phenoxy) is 1. The van der Waals surface area contributed by atoms with Crippen molar-refractivity contribution in [2.24, 2.45) is 5.92 Å². The van der Waals surface area contributed by atoms with E-state index in [0.717, 1.165) is 32.5 Å². The summed E-state index contributed by atoms with van der Waals surface area (Å²) in [4.78, 5) is 14.1. The maximum atomic E-state index is 12.6. The maximum Gasteiger partial charge on any atom is 0.337 e. The van der Waals surface area contributed by atoms with Gasteiger partial charge < -0.3 is 4.74 Å². The van der Waals surface area contributed by atoms with Gasteiger partial charge in [0.15, 0.2) is 0 Å². The second kappa shape index (κ2) is 9.32. The fraction of sp³-hybridized carbons (Fsp3) is 0.381. The van der Waals surface area contributed by atoms with Crippen molar-refractivity contribution in [3.05, 3.63) is 65.7 Å². The zero-order valence-corrected chi connectivity index (χ0v) is 16.8. The number of nitrogens with one attached hydrogen (secondary N) is 1. The Morgan fingerprint density at radius 2 is 1.96 bits per heavy atom. The van der Waals surface area contributed by atoms with E-state index in [1.165, 1.54) is 30.9 Å². The van der Waals surface area contributed by atoms with E-state index >= 15 is 0 Å². The largest absolute Gasteiger partial charge is 0.465 e. The first-order valence-electron chi connectivity index (χ1n) is 9.42. The average Bonchev–Trinajstić information content (AvgIpc) is 2.73. The van der Waals surface area contributed by atoms with Gasteiger partial charge in [-0.2, -0.15) is 0 Å². The van der Waals surface area contributed by atoms with E-state index in [1.54, 1.807) is 6.07 Å². The molecule has 28 heavy (non-hydrogen) atoms. The van der Waals surface area contributed by atoms with Gasteiger partial charge in [-0.05, 0) is 49.1 Å². The first-order valence-corrected chi connectivity index (χ1v) is 10.9. The molecule has 1 aliphatic rings. The number of hydrogen-bond acceptors (Lipinski definition) is 5. The molecule has 0 bridgehead atoms. The van der Waals surface area contributed by atoms with Gasteiger partial charge in [0, 0.05) is 19.6 Å². The lowest BCUT2D eigenvalue weighted by molar-refractivity contribution is 0.0600. The van der Waals surface area contributed by atoms with Crippen molar-refractivity contribution in [1.29, 1.82) is 0 Å². The molecule has 1 atom stereocenters. The first-order chi connectivity index (χ1) is 13.5. The fourth-order valence-electron chi connectivity index (χ4n) is 3.52. The van der Waals surface area contributed by atoms with Crippen LogP contribution in [0.15, 0.2) is 59.5 Å². The van der Waals surface area contributed by atoms with Crippen LogP contribution in [0.1, 0.15) is 28.8 Å². The van der Waals surface area contributed by atoms with Gasteiger partial charge >= 0.3 is 5.97 Å². The molecule has 2 aromatic carbocycles. The van der Waals surface area contributed by atoms with Gasteiger partial charge in [-0.3, -0.25) is 4.90 Å². The number of esters is 1.